The molecule has 1 amide bonds. The molecule has 108 valence electrons. The second-order valence-electron chi connectivity index (χ2n) is 5.32. The first kappa shape index (κ1) is 14.3. The van der Waals surface area contributed by atoms with Gasteiger partial charge >= 0.3 is 0 Å². The average Bonchev–Trinajstić information content (AvgIpc) is 2.96. The van der Waals surface area contributed by atoms with Crippen LogP contribution in [-0.4, -0.2) is 25.9 Å². The fraction of sp³-hybridized carbons (Fsp3) is 0.500. The maximum Gasteiger partial charge on any atom is 0.272 e. The summed E-state index contributed by atoms with van der Waals surface area (Å²) < 4.78 is 1.77. The summed E-state index contributed by atoms with van der Waals surface area (Å²) in [6.45, 7) is 9.87. The molecular formula is C14H21N5O. The lowest BCUT2D eigenvalue weighted by molar-refractivity contribution is 0.0933. The molecule has 2 aromatic heterocycles. The van der Waals surface area contributed by atoms with Crippen molar-refractivity contribution in [2.24, 2.45) is 0 Å². The highest BCUT2D eigenvalue weighted by molar-refractivity contribution is 5.92. The Labute approximate surface area is 118 Å². The SMILES string of the molecule is Cc1n[nH]c(C)c1C(C)NC(=O)c1ccn(C(C)C)n1. The maximum atomic E-state index is 12.2. The lowest BCUT2D eigenvalue weighted by Gasteiger charge is -2.13. The van der Waals surface area contributed by atoms with Gasteiger partial charge in [-0.15, -0.1) is 0 Å². The van der Waals surface area contributed by atoms with Crippen LogP contribution in [0.25, 0.3) is 0 Å². The van der Waals surface area contributed by atoms with Crippen molar-refractivity contribution in [2.75, 3.05) is 0 Å². The molecular weight excluding hydrogens is 254 g/mol. The fourth-order valence-electron chi connectivity index (χ4n) is 2.29. The number of nitrogens with one attached hydrogen (secondary N) is 2. The molecule has 0 aliphatic rings. The highest BCUT2D eigenvalue weighted by Crippen LogP contribution is 2.19. The van der Waals surface area contributed by atoms with E-state index >= 15 is 0 Å². The second-order valence-corrected chi connectivity index (χ2v) is 5.32. The van der Waals surface area contributed by atoms with Crippen LogP contribution in [0.3, 0.4) is 0 Å². The molecule has 6 heteroatoms. The Hall–Kier alpha value is -2.11. The monoisotopic (exact) mass is 275 g/mol. The van der Waals surface area contributed by atoms with Crippen molar-refractivity contribution < 1.29 is 4.79 Å². The van der Waals surface area contributed by atoms with Crippen molar-refractivity contribution in [1.82, 2.24) is 25.3 Å². The molecule has 2 rings (SSSR count). The van der Waals surface area contributed by atoms with Gasteiger partial charge in [-0.05, 0) is 40.7 Å². The van der Waals surface area contributed by atoms with Crippen molar-refractivity contribution in [3.63, 3.8) is 0 Å². The number of H-pyrrole nitrogens is 1. The van der Waals surface area contributed by atoms with Crippen LogP contribution in [0.4, 0.5) is 0 Å². The van der Waals surface area contributed by atoms with Crippen molar-refractivity contribution in [3.8, 4) is 0 Å². The largest absolute Gasteiger partial charge is 0.344 e. The van der Waals surface area contributed by atoms with E-state index in [2.05, 4.69) is 20.6 Å². The molecule has 0 saturated carbocycles. The average molecular weight is 275 g/mol. The Morgan fingerprint density at radius 2 is 2.05 bits per heavy atom. The van der Waals surface area contributed by atoms with Crippen LogP contribution in [0.1, 0.15) is 60.3 Å². The minimum absolute atomic E-state index is 0.106. The van der Waals surface area contributed by atoms with E-state index in [1.807, 2.05) is 40.8 Å². The topological polar surface area (TPSA) is 75.6 Å². The number of aromatic nitrogens is 4. The van der Waals surface area contributed by atoms with Crippen LogP contribution in [0, 0.1) is 13.8 Å². The van der Waals surface area contributed by atoms with Gasteiger partial charge in [0.2, 0.25) is 0 Å². The number of carbonyl (C=O) groups excluding carboxylic acids is 1. The summed E-state index contributed by atoms with van der Waals surface area (Å²) in [6.07, 6.45) is 1.82. The molecule has 0 radical (unpaired) electrons. The van der Waals surface area contributed by atoms with Gasteiger partial charge in [0.25, 0.3) is 5.91 Å². The zero-order chi connectivity index (χ0) is 14.9. The van der Waals surface area contributed by atoms with Gasteiger partial charge in [0.15, 0.2) is 0 Å². The van der Waals surface area contributed by atoms with Gasteiger partial charge in [0.1, 0.15) is 5.69 Å². The third kappa shape index (κ3) is 2.74. The fourth-order valence-corrected chi connectivity index (χ4v) is 2.29. The first-order valence-corrected chi connectivity index (χ1v) is 6.77. The van der Waals surface area contributed by atoms with Crippen LogP contribution in [0.2, 0.25) is 0 Å². The molecule has 0 aromatic carbocycles. The number of rotatable bonds is 4. The number of hydrogen-bond donors (Lipinski definition) is 2. The third-order valence-corrected chi connectivity index (χ3v) is 3.34. The smallest absolute Gasteiger partial charge is 0.272 e. The van der Waals surface area contributed by atoms with Gasteiger partial charge in [-0.3, -0.25) is 14.6 Å². The molecule has 0 saturated heterocycles. The minimum atomic E-state index is -0.170. The van der Waals surface area contributed by atoms with E-state index in [-0.39, 0.29) is 18.0 Å². The van der Waals surface area contributed by atoms with Crippen LogP contribution >= 0.6 is 0 Å². The summed E-state index contributed by atoms with van der Waals surface area (Å²) in [5.41, 5.74) is 3.34. The second kappa shape index (κ2) is 5.48. The normalized spacial score (nSPS) is 12.7. The van der Waals surface area contributed by atoms with Crippen LogP contribution in [-0.2, 0) is 0 Å². The molecule has 2 N–H and O–H groups in total. The Bertz CT molecular complexity index is 591. The lowest BCUT2D eigenvalue weighted by Crippen LogP contribution is -2.27. The summed E-state index contributed by atoms with van der Waals surface area (Å²) in [5, 5.41) is 14.3. The Morgan fingerprint density at radius 3 is 2.55 bits per heavy atom. The van der Waals surface area contributed by atoms with Gasteiger partial charge in [0, 0.05) is 23.5 Å². The molecule has 0 aliphatic carbocycles. The number of carbonyl (C=O) groups is 1. The van der Waals surface area contributed by atoms with Crippen LogP contribution in [0.15, 0.2) is 12.3 Å². The molecule has 6 nitrogen and oxygen atoms in total. The number of nitrogens with zero attached hydrogens (tertiary/aromatic N) is 3. The highest BCUT2D eigenvalue weighted by atomic mass is 16.2. The van der Waals surface area contributed by atoms with Crippen molar-refractivity contribution in [2.45, 2.75) is 46.7 Å². The van der Waals surface area contributed by atoms with Crippen molar-refractivity contribution in [1.29, 1.82) is 0 Å². The summed E-state index contributed by atoms with van der Waals surface area (Å²) in [7, 11) is 0. The molecule has 1 unspecified atom stereocenters. The predicted molar refractivity (Wildman–Crippen MR) is 76.6 cm³/mol. The molecule has 0 bridgehead atoms. The molecule has 2 aromatic rings. The van der Waals surface area contributed by atoms with Crippen molar-refractivity contribution >= 4 is 5.91 Å². The zero-order valence-corrected chi connectivity index (χ0v) is 12.6. The van der Waals surface area contributed by atoms with E-state index < -0.39 is 0 Å². The summed E-state index contributed by atoms with van der Waals surface area (Å²) in [5.74, 6) is -0.170. The quantitative estimate of drug-likeness (QED) is 0.899. The summed E-state index contributed by atoms with van der Waals surface area (Å²) in [6, 6.07) is 1.87. The van der Waals surface area contributed by atoms with Gasteiger partial charge in [-0.2, -0.15) is 10.2 Å². The Kier molecular flexibility index (Phi) is 3.92. The highest BCUT2D eigenvalue weighted by Gasteiger charge is 2.18. The van der Waals surface area contributed by atoms with Gasteiger partial charge in [0.05, 0.1) is 11.7 Å². The third-order valence-electron chi connectivity index (χ3n) is 3.34. The summed E-state index contributed by atoms with van der Waals surface area (Å²) >= 11 is 0. The van der Waals surface area contributed by atoms with Crippen LogP contribution in [0.5, 0.6) is 0 Å². The lowest BCUT2D eigenvalue weighted by atomic mass is 10.1. The van der Waals surface area contributed by atoms with E-state index in [1.165, 1.54) is 0 Å². The summed E-state index contributed by atoms with van der Waals surface area (Å²) in [4.78, 5) is 12.2. The Morgan fingerprint density at radius 1 is 1.35 bits per heavy atom. The Balaban J connectivity index is 2.11. The molecule has 0 fully saturated rings. The molecule has 20 heavy (non-hydrogen) atoms. The molecule has 1 atom stereocenters. The van der Waals surface area contributed by atoms with Gasteiger partial charge in [-0.1, -0.05) is 0 Å². The van der Waals surface area contributed by atoms with Crippen molar-refractivity contribution in [3.05, 3.63) is 34.9 Å². The first-order valence-electron chi connectivity index (χ1n) is 6.77. The number of aryl methyl sites for hydroxylation is 2. The van der Waals surface area contributed by atoms with E-state index in [9.17, 15) is 4.79 Å². The number of aromatic amines is 1. The molecule has 2 heterocycles. The first-order chi connectivity index (χ1) is 9.40. The van der Waals surface area contributed by atoms with E-state index in [0.717, 1.165) is 17.0 Å². The van der Waals surface area contributed by atoms with Gasteiger partial charge < -0.3 is 5.32 Å². The standard InChI is InChI=1S/C14H21N5O/c1-8(2)19-7-6-12(18-19)14(20)15-9(3)13-10(4)16-17-11(13)5/h6-9H,1-5H3,(H,15,20)(H,16,17). The zero-order valence-electron chi connectivity index (χ0n) is 12.6. The predicted octanol–water partition coefficient (Wildman–Crippen LogP) is 2.29. The molecule has 0 spiro atoms. The minimum Gasteiger partial charge on any atom is -0.344 e. The van der Waals surface area contributed by atoms with E-state index in [1.54, 1.807) is 10.7 Å². The van der Waals surface area contributed by atoms with E-state index in [4.69, 9.17) is 0 Å². The maximum absolute atomic E-state index is 12.2. The van der Waals surface area contributed by atoms with E-state index in [0.29, 0.717) is 5.69 Å². The molecule has 0 aliphatic heterocycles. The number of hydrogen-bond acceptors (Lipinski definition) is 3. The van der Waals surface area contributed by atoms with Crippen LogP contribution < -0.4 is 5.32 Å². The van der Waals surface area contributed by atoms with Gasteiger partial charge in [-0.25, -0.2) is 0 Å². The number of amides is 1.